The molecule has 0 aliphatic carbocycles. The Morgan fingerprint density at radius 3 is 1.82 bits per heavy atom. The van der Waals surface area contributed by atoms with Crippen LogP contribution in [0.5, 0.6) is 0 Å². The van der Waals surface area contributed by atoms with E-state index in [9.17, 15) is 0 Å². The van der Waals surface area contributed by atoms with Gasteiger partial charge < -0.3 is 4.74 Å². The van der Waals surface area contributed by atoms with Crippen molar-refractivity contribution in [2.75, 3.05) is 13.2 Å². The van der Waals surface area contributed by atoms with Crippen molar-refractivity contribution < 1.29 is 37.4 Å². The third-order valence-corrected chi connectivity index (χ3v) is 2.91. The van der Waals surface area contributed by atoms with Crippen LogP contribution in [0.2, 0.25) is 0 Å². The molecule has 2 heteroatoms. The fraction of sp³-hybridized carbons (Fsp3) is 0.889. The summed E-state index contributed by atoms with van der Waals surface area (Å²) < 4.78 is 5.13. The van der Waals surface area contributed by atoms with Gasteiger partial charge in [0.15, 0.2) is 0 Å². The molecule has 11 heavy (non-hydrogen) atoms. The summed E-state index contributed by atoms with van der Waals surface area (Å²) in [4.78, 5) is 0. The van der Waals surface area contributed by atoms with Crippen molar-refractivity contribution in [3.63, 3.8) is 0 Å². The van der Waals surface area contributed by atoms with E-state index in [0.717, 1.165) is 19.1 Å². The molecule has 1 aliphatic rings. The van der Waals surface area contributed by atoms with Gasteiger partial charge in [-0.15, -0.1) is 0 Å². The number of rotatable bonds is 2. The maximum absolute atomic E-state index is 5.13. The monoisotopic (exact) mass is 230 g/mol. The molecule has 1 heterocycles. The molecule has 63 valence electrons. The predicted molar refractivity (Wildman–Crippen MR) is 42.7 cm³/mol. The van der Waals surface area contributed by atoms with E-state index in [2.05, 4.69) is 27.7 Å². The average Bonchev–Trinajstić information content (AvgIpc) is 1.57. The van der Waals surface area contributed by atoms with Gasteiger partial charge in [-0.25, -0.2) is 0 Å². The number of hydrogen-bond donors (Lipinski definition) is 0. The van der Waals surface area contributed by atoms with Crippen LogP contribution in [0.3, 0.4) is 0 Å². The molecule has 1 radical (unpaired) electrons. The van der Waals surface area contributed by atoms with E-state index in [1.807, 2.05) is 0 Å². The van der Waals surface area contributed by atoms with Gasteiger partial charge >= 0.3 is 0 Å². The van der Waals surface area contributed by atoms with Crippen molar-refractivity contribution in [3.05, 3.63) is 5.92 Å². The van der Waals surface area contributed by atoms with Crippen molar-refractivity contribution in [1.29, 1.82) is 0 Å². The Balaban J connectivity index is 0.000001000. The Kier molecular flexibility index (Phi) is 4.76. The zero-order chi connectivity index (χ0) is 7.78. The summed E-state index contributed by atoms with van der Waals surface area (Å²) in [5, 5.41) is 0. The standard InChI is InChI=1S/C9H17O.Y/c1-7(2)9(3,4)8-5-10-6-8;/h7H,5-6H2,1-4H3;/q-1;. The van der Waals surface area contributed by atoms with E-state index in [4.69, 9.17) is 4.74 Å². The van der Waals surface area contributed by atoms with Gasteiger partial charge in [-0.1, -0.05) is 46.8 Å². The summed E-state index contributed by atoms with van der Waals surface area (Å²) in [7, 11) is 0. The average molecular weight is 230 g/mol. The van der Waals surface area contributed by atoms with E-state index in [0.29, 0.717) is 5.41 Å². The van der Waals surface area contributed by atoms with Crippen LogP contribution in [-0.2, 0) is 37.4 Å². The van der Waals surface area contributed by atoms with Crippen LogP contribution in [0.15, 0.2) is 0 Å². The minimum atomic E-state index is 0. The zero-order valence-corrected chi connectivity index (χ0v) is 10.8. The van der Waals surface area contributed by atoms with E-state index in [1.165, 1.54) is 0 Å². The normalized spacial score (nSPS) is 19.4. The molecule has 1 rings (SSSR count). The quantitative estimate of drug-likeness (QED) is 0.661. The summed E-state index contributed by atoms with van der Waals surface area (Å²) >= 11 is 0. The molecule has 0 N–H and O–H groups in total. The van der Waals surface area contributed by atoms with Gasteiger partial charge in [0, 0.05) is 32.7 Å². The van der Waals surface area contributed by atoms with Crippen LogP contribution < -0.4 is 0 Å². The van der Waals surface area contributed by atoms with E-state index in [1.54, 1.807) is 5.92 Å². The van der Waals surface area contributed by atoms with Crippen LogP contribution in [0, 0.1) is 17.3 Å². The Morgan fingerprint density at radius 2 is 1.73 bits per heavy atom. The minimum absolute atomic E-state index is 0. The summed E-state index contributed by atoms with van der Waals surface area (Å²) in [6.45, 7) is 10.9. The van der Waals surface area contributed by atoms with Gasteiger partial charge in [-0.05, 0) is 0 Å². The fourth-order valence-electron chi connectivity index (χ4n) is 0.984. The first kappa shape index (κ1) is 12.1. The third kappa shape index (κ3) is 2.50. The third-order valence-electron chi connectivity index (χ3n) is 2.91. The molecule has 1 saturated heterocycles. The second-order valence-corrected chi connectivity index (χ2v) is 3.97. The van der Waals surface area contributed by atoms with E-state index in [-0.39, 0.29) is 32.7 Å². The Labute approximate surface area is 95.2 Å². The van der Waals surface area contributed by atoms with Crippen LogP contribution in [0.4, 0.5) is 0 Å². The Hall–Kier alpha value is 1.06. The van der Waals surface area contributed by atoms with Gasteiger partial charge in [0.25, 0.3) is 0 Å². The Morgan fingerprint density at radius 1 is 1.27 bits per heavy atom. The molecule has 1 fully saturated rings. The van der Waals surface area contributed by atoms with Crippen LogP contribution in [0.1, 0.15) is 27.7 Å². The molecule has 0 bridgehead atoms. The molecular weight excluding hydrogens is 213 g/mol. The summed E-state index contributed by atoms with van der Waals surface area (Å²) in [5.41, 5.74) is 0.387. The molecule has 0 aromatic heterocycles. The van der Waals surface area contributed by atoms with Gasteiger partial charge in [-0.3, -0.25) is 5.92 Å². The summed E-state index contributed by atoms with van der Waals surface area (Å²) in [6, 6.07) is 0. The van der Waals surface area contributed by atoms with Crippen molar-refractivity contribution in [2.24, 2.45) is 11.3 Å². The van der Waals surface area contributed by atoms with Gasteiger partial charge in [0.1, 0.15) is 0 Å². The van der Waals surface area contributed by atoms with Crippen molar-refractivity contribution in [1.82, 2.24) is 0 Å². The van der Waals surface area contributed by atoms with Crippen LogP contribution in [0.25, 0.3) is 0 Å². The van der Waals surface area contributed by atoms with Crippen molar-refractivity contribution in [2.45, 2.75) is 27.7 Å². The number of ether oxygens (including phenoxy) is 1. The van der Waals surface area contributed by atoms with Gasteiger partial charge in [-0.2, -0.15) is 5.41 Å². The molecule has 0 aromatic rings. The topological polar surface area (TPSA) is 9.23 Å². The SMILES string of the molecule is CC(C)C(C)(C)[C-]1COC1.[Y]. The largest absolute Gasteiger partial charge is 0.444 e. The first-order chi connectivity index (χ1) is 4.55. The minimum Gasteiger partial charge on any atom is -0.444 e. The maximum atomic E-state index is 5.13. The molecule has 0 saturated carbocycles. The molecule has 1 aliphatic heterocycles. The predicted octanol–water partition coefficient (Wildman–Crippen LogP) is 2.27. The van der Waals surface area contributed by atoms with Crippen molar-refractivity contribution >= 4 is 0 Å². The second-order valence-electron chi connectivity index (χ2n) is 3.97. The second kappa shape index (κ2) is 4.34. The number of hydrogen-bond acceptors (Lipinski definition) is 1. The molecule has 0 aromatic carbocycles. The summed E-state index contributed by atoms with van der Waals surface area (Å²) in [5.74, 6) is 2.30. The van der Waals surface area contributed by atoms with Gasteiger partial charge in [0.2, 0.25) is 0 Å². The Bertz CT molecular complexity index is 117. The summed E-state index contributed by atoms with van der Waals surface area (Å²) in [6.07, 6.45) is 0. The van der Waals surface area contributed by atoms with Crippen LogP contribution >= 0.6 is 0 Å². The smallest absolute Gasteiger partial charge is 0 e. The van der Waals surface area contributed by atoms with E-state index >= 15 is 0 Å². The molecule has 0 unspecified atom stereocenters. The van der Waals surface area contributed by atoms with Crippen LogP contribution in [-0.4, -0.2) is 13.2 Å². The first-order valence-corrected chi connectivity index (χ1v) is 3.98. The molecule has 1 nitrogen and oxygen atoms in total. The van der Waals surface area contributed by atoms with Gasteiger partial charge in [0.05, 0.1) is 0 Å². The van der Waals surface area contributed by atoms with Crippen molar-refractivity contribution in [3.8, 4) is 0 Å². The van der Waals surface area contributed by atoms with E-state index < -0.39 is 0 Å². The molecule has 0 atom stereocenters. The molecule has 0 spiro atoms. The molecular formula is C9H17OY-. The first-order valence-electron chi connectivity index (χ1n) is 3.98. The zero-order valence-electron chi connectivity index (χ0n) is 7.98. The fourth-order valence-corrected chi connectivity index (χ4v) is 0.984. The maximum Gasteiger partial charge on any atom is 0 e. The molecule has 0 amide bonds.